The zero-order valence-corrected chi connectivity index (χ0v) is 11.2. The summed E-state index contributed by atoms with van der Waals surface area (Å²) in [4.78, 5) is 11.7. The van der Waals surface area contributed by atoms with E-state index in [1.807, 2.05) is 30.3 Å². The SMILES string of the molecule is C[C@H](O)c1cccc(NC(=O)OCc2ccccc2)c1. The maximum Gasteiger partial charge on any atom is 0.411 e. The Morgan fingerprint density at radius 2 is 1.95 bits per heavy atom. The Morgan fingerprint density at radius 1 is 1.20 bits per heavy atom. The molecular formula is C16H17NO3. The van der Waals surface area contributed by atoms with E-state index in [1.165, 1.54) is 0 Å². The van der Waals surface area contributed by atoms with Crippen LogP contribution in [0.25, 0.3) is 0 Å². The van der Waals surface area contributed by atoms with Gasteiger partial charge in [0.2, 0.25) is 0 Å². The minimum atomic E-state index is -0.572. The van der Waals surface area contributed by atoms with Gasteiger partial charge in [0, 0.05) is 5.69 Å². The van der Waals surface area contributed by atoms with Crippen molar-refractivity contribution in [3.63, 3.8) is 0 Å². The van der Waals surface area contributed by atoms with Gasteiger partial charge in [-0.25, -0.2) is 4.79 Å². The lowest BCUT2D eigenvalue weighted by molar-refractivity contribution is 0.155. The highest BCUT2D eigenvalue weighted by Crippen LogP contribution is 2.17. The average molecular weight is 271 g/mol. The van der Waals surface area contributed by atoms with Crippen molar-refractivity contribution in [2.24, 2.45) is 0 Å². The highest BCUT2D eigenvalue weighted by atomic mass is 16.5. The van der Waals surface area contributed by atoms with E-state index in [0.29, 0.717) is 5.69 Å². The van der Waals surface area contributed by atoms with E-state index in [1.54, 1.807) is 31.2 Å². The fourth-order valence-electron chi connectivity index (χ4n) is 1.75. The van der Waals surface area contributed by atoms with Crippen LogP contribution in [0.3, 0.4) is 0 Å². The molecule has 2 N–H and O–H groups in total. The predicted octanol–water partition coefficient (Wildman–Crippen LogP) is 3.49. The molecule has 2 rings (SSSR count). The number of rotatable bonds is 4. The first-order valence-corrected chi connectivity index (χ1v) is 6.41. The van der Waals surface area contributed by atoms with Gasteiger partial charge in [0.15, 0.2) is 0 Å². The molecule has 0 aliphatic heterocycles. The molecule has 1 amide bonds. The smallest absolute Gasteiger partial charge is 0.411 e. The Bertz CT molecular complexity index is 567. The van der Waals surface area contributed by atoms with Gasteiger partial charge in [-0.15, -0.1) is 0 Å². The van der Waals surface area contributed by atoms with E-state index >= 15 is 0 Å². The first-order chi connectivity index (χ1) is 9.65. The monoisotopic (exact) mass is 271 g/mol. The number of hydrogen-bond donors (Lipinski definition) is 2. The molecular weight excluding hydrogens is 254 g/mol. The van der Waals surface area contributed by atoms with E-state index in [2.05, 4.69) is 5.32 Å². The second-order valence-electron chi connectivity index (χ2n) is 4.49. The van der Waals surface area contributed by atoms with Crippen LogP contribution in [0.2, 0.25) is 0 Å². The van der Waals surface area contributed by atoms with Crippen molar-refractivity contribution in [1.82, 2.24) is 0 Å². The molecule has 0 aromatic heterocycles. The molecule has 2 aromatic carbocycles. The molecule has 104 valence electrons. The summed E-state index contributed by atoms with van der Waals surface area (Å²) in [6.45, 7) is 1.90. The molecule has 0 saturated carbocycles. The minimum absolute atomic E-state index is 0.225. The summed E-state index contributed by atoms with van der Waals surface area (Å²) < 4.78 is 5.12. The molecule has 2 aromatic rings. The average Bonchev–Trinajstić information content (AvgIpc) is 2.46. The molecule has 0 aliphatic carbocycles. The van der Waals surface area contributed by atoms with Gasteiger partial charge in [-0.05, 0) is 30.2 Å². The van der Waals surface area contributed by atoms with Gasteiger partial charge >= 0.3 is 6.09 Å². The first kappa shape index (κ1) is 14.1. The largest absolute Gasteiger partial charge is 0.444 e. The number of amides is 1. The van der Waals surface area contributed by atoms with Crippen LogP contribution in [-0.2, 0) is 11.3 Å². The van der Waals surface area contributed by atoms with Crippen molar-refractivity contribution in [3.8, 4) is 0 Å². The van der Waals surface area contributed by atoms with E-state index in [9.17, 15) is 9.90 Å². The van der Waals surface area contributed by atoms with Crippen molar-refractivity contribution in [2.45, 2.75) is 19.6 Å². The van der Waals surface area contributed by atoms with Crippen LogP contribution in [-0.4, -0.2) is 11.2 Å². The number of hydrogen-bond acceptors (Lipinski definition) is 3. The zero-order valence-electron chi connectivity index (χ0n) is 11.2. The van der Waals surface area contributed by atoms with Gasteiger partial charge in [0.05, 0.1) is 6.10 Å². The number of ether oxygens (including phenoxy) is 1. The molecule has 0 spiro atoms. The van der Waals surface area contributed by atoms with Crippen LogP contribution in [0.4, 0.5) is 10.5 Å². The van der Waals surface area contributed by atoms with Crippen LogP contribution in [0.15, 0.2) is 54.6 Å². The maximum atomic E-state index is 11.7. The van der Waals surface area contributed by atoms with Gasteiger partial charge in [-0.3, -0.25) is 5.32 Å². The quantitative estimate of drug-likeness (QED) is 0.895. The third-order valence-corrected chi connectivity index (χ3v) is 2.83. The number of carbonyl (C=O) groups excluding carboxylic acids is 1. The Kier molecular flexibility index (Phi) is 4.74. The number of aliphatic hydroxyl groups is 1. The minimum Gasteiger partial charge on any atom is -0.444 e. The van der Waals surface area contributed by atoms with Gasteiger partial charge in [0.1, 0.15) is 6.61 Å². The lowest BCUT2D eigenvalue weighted by atomic mass is 10.1. The van der Waals surface area contributed by atoms with Crippen LogP contribution in [0.1, 0.15) is 24.2 Å². The third kappa shape index (κ3) is 4.10. The summed E-state index contributed by atoms with van der Waals surface area (Å²) in [6.07, 6.45) is -1.09. The first-order valence-electron chi connectivity index (χ1n) is 6.41. The third-order valence-electron chi connectivity index (χ3n) is 2.83. The Morgan fingerprint density at radius 3 is 2.65 bits per heavy atom. The van der Waals surface area contributed by atoms with Crippen LogP contribution >= 0.6 is 0 Å². The number of anilines is 1. The second kappa shape index (κ2) is 6.73. The maximum absolute atomic E-state index is 11.7. The summed E-state index contributed by atoms with van der Waals surface area (Å²) in [5.41, 5.74) is 2.27. The van der Waals surface area contributed by atoms with E-state index in [-0.39, 0.29) is 6.61 Å². The molecule has 0 fully saturated rings. The number of nitrogens with one attached hydrogen (secondary N) is 1. The molecule has 0 aliphatic rings. The van der Waals surface area contributed by atoms with Crippen LogP contribution in [0.5, 0.6) is 0 Å². The van der Waals surface area contributed by atoms with Gasteiger partial charge in [-0.2, -0.15) is 0 Å². The Balaban J connectivity index is 1.90. The molecule has 0 bridgehead atoms. The van der Waals surface area contributed by atoms with Crippen LogP contribution < -0.4 is 5.32 Å². The predicted molar refractivity (Wildman–Crippen MR) is 77.3 cm³/mol. The molecule has 4 nitrogen and oxygen atoms in total. The van der Waals surface area contributed by atoms with Gasteiger partial charge in [0.25, 0.3) is 0 Å². The lowest BCUT2D eigenvalue weighted by Crippen LogP contribution is -2.13. The molecule has 4 heteroatoms. The molecule has 0 saturated heterocycles. The van der Waals surface area contributed by atoms with Gasteiger partial charge in [-0.1, -0.05) is 42.5 Å². The van der Waals surface area contributed by atoms with Crippen molar-refractivity contribution in [3.05, 3.63) is 65.7 Å². The molecule has 0 heterocycles. The van der Waals surface area contributed by atoms with E-state index < -0.39 is 12.2 Å². The zero-order chi connectivity index (χ0) is 14.4. The topological polar surface area (TPSA) is 58.6 Å². The van der Waals surface area contributed by atoms with Crippen molar-refractivity contribution < 1.29 is 14.6 Å². The fourth-order valence-corrected chi connectivity index (χ4v) is 1.75. The molecule has 1 atom stereocenters. The van der Waals surface area contributed by atoms with Crippen molar-refractivity contribution in [1.29, 1.82) is 0 Å². The fraction of sp³-hybridized carbons (Fsp3) is 0.188. The highest BCUT2D eigenvalue weighted by molar-refractivity contribution is 5.84. The van der Waals surface area contributed by atoms with E-state index in [4.69, 9.17) is 4.74 Å². The summed E-state index contributed by atoms with van der Waals surface area (Å²) in [6, 6.07) is 16.5. The highest BCUT2D eigenvalue weighted by Gasteiger charge is 2.06. The summed E-state index contributed by atoms with van der Waals surface area (Å²) in [7, 11) is 0. The molecule has 20 heavy (non-hydrogen) atoms. The molecule has 0 radical (unpaired) electrons. The molecule has 0 unspecified atom stereocenters. The number of benzene rings is 2. The summed E-state index contributed by atoms with van der Waals surface area (Å²) >= 11 is 0. The van der Waals surface area contributed by atoms with Gasteiger partial charge < -0.3 is 9.84 Å². The van der Waals surface area contributed by atoms with E-state index in [0.717, 1.165) is 11.1 Å². The summed E-state index contributed by atoms with van der Waals surface area (Å²) in [5.74, 6) is 0. The summed E-state index contributed by atoms with van der Waals surface area (Å²) in [5, 5.41) is 12.1. The standard InChI is InChI=1S/C16H17NO3/c1-12(18)14-8-5-9-15(10-14)17-16(19)20-11-13-6-3-2-4-7-13/h2-10,12,18H,11H2,1H3,(H,17,19)/t12-/m0/s1. The number of carbonyl (C=O) groups is 1. The van der Waals surface area contributed by atoms with Crippen molar-refractivity contribution >= 4 is 11.8 Å². The van der Waals surface area contributed by atoms with Crippen LogP contribution in [0, 0.1) is 0 Å². The number of aliphatic hydroxyl groups excluding tert-OH is 1. The Labute approximate surface area is 118 Å². The normalized spacial score (nSPS) is 11.7. The van der Waals surface area contributed by atoms with Crippen molar-refractivity contribution in [2.75, 3.05) is 5.32 Å². The second-order valence-corrected chi connectivity index (χ2v) is 4.49. The Hall–Kier alpha value is -2.33. The lowest BCUT2D eigenvalue weighted by Gasteiger charge is -2.09.